The van der Waals surface area contributed by atoms with Crippen LogP contribution in [0.15, 0.2) is 0 Å². The average Bonchev–Trinajstić information content (AvgIpc) is 2.54. The highest BCUT2D eigenvalue weighted by Crippen LogP contribution is 2.16. The highest BCUT2D eigenvalue weighted by Gasteiger charge is 2.20. The summed E-state index contributed by atoms with van der Waals surface area (Å²) in [6.07, 6.45) is 3.73. The quantitative estimate of drug-likeness (QED) is 0.654. The van der Waals surface area contributed by atoms with E-state index in [0.717, 1.165) is 19.0 Å². The van der Waals surface area contributed by atoms with Gasteiger partial charge in [-0.2, -0.15) is 0 Å². The number of hydrogen-bond acceptors (Lipinski definition) is 3. The Morgan fingerprint density at radius 1 is 1.62 bits per heavy atom. The van der Waals surface area contributed by atoms with Crippen molar-refractivity contribution in [1.29, 1.82) is 0 Å². The molecule has 78 valence electrons. The second-order valence-electron chi connectivity index (χ2n) is 3.98. The van der Waals surface area contributed by atoms with Crippen LogP contribution in [0.2, 0.25) is 0 Å². The number of hydrogen-bond donors (Lipinski definition) is 2. The van der Waals surface area contributed by atoms with Gasteiger partial charge in [-0.3, -0.25) is 0 Å². The molecule has 0 aliphatic carbocycles. The van der Waals surface area contributed by atoms with Crippen molar-refractivity contribution in [3.05, 3.63) is 0 Å². The summed E-state index contributed by atoms with van der Waals surface area (Å²) in [5.41, 5.74) is 0. The highest BCUT2D eigenvalue weighted by atomic mass is 16.3. The van der Waals surface area contributed by atoms with Gasteiger partial charge in [0.05, 0.1) is 6.61 Å². The summed E-state index contributed by atoms with van der Waals surface area (Å²) in [5, 5.41) is 12.1. The second-order valence-corrected chi connectivity index (χ2v) is 3.98. The Morgan fingerprint density at radius 2 is 2.38 bits per heavy atom. The lowest BCUT2D eigenvalue weighted by molar-refractivity contribution is 0.207. The van der Waals surface area contributed by atoms with Gasteiger partial charge in [-0.15, -0.1) is 0 Å². The van der Waals surface area contributed by atoms with Gasteiger partial charge in [0, 0.05) is 12.1 Å². The minimum atomic E-state index is 0.249. The largest absolute Gasteiger partial charge is 0.395 e. The number of likely N-dealkylation sites (tertiary alicyclic amines) is 1. The molecular formula is C10H22N2O. The number of aliphatic hydroxyl groups is 1. The summed E-state index contributed by atoms with van der Waals surface area (Å²) in [4.78, 5) is 2.51. The van der Waals surface area contributed by atoms with Crippen LogP contribution in [0.25, 0.3) is 0 Å². The predicted molar refractivity (Wildman–Crippen MR) is 54.8 cm³/mol. The van der Waals surface area contributed by atoms with E-state index in [1.54, 1.807) is 0 Å². The van der Waals surface area contributed by atoms with Crippen LogP contribution < -0.4 is 5.32 Å². The van der Waals surface area contributed by atoms with Crippen LogP contribution in [-0.2, 0) is 0 Å². The van der Waals surface area contributed by atoms with Gasteiger partial charge in [-0.25, -0.2) is 0 Å². The Labute approximate surface area is 81.1 Å². The lowest BCUT2D eigenvalue weighted by Gasteiger charge is -2.23. The topological polar surface area (TPSA) is 35.5 Å². The smallest absolute Gasteiger partial charge is 0.0585 e. The van der Waals surface area contributed by atoms with Gasteiger partial charge in [0.15, 0.2) is 0 Å². The zero-order chi connectivity index (χ0) is 9.68. The Hall–Kier alpha value is -0.120. The fourth-order valence-electron chi connectivity index (χ4n) is 1.97. The molecule has 3 nitrogen and oxygen atoms in total. The molecular weight excluding hydrogens is 164 g/mol. The van der Waals surface area contributed by atoms with Crippen molar-refractivity contribution in [3.8, 4) is 0 Å². The van der Waals surface area contributed by atoms with Gasteiger partial charge in [0.25, 0.3) is 0 Å². The molecule has 0 spiro atoms. The van der Waals surface area contributed by atoms with Gasteiger partial charge in [-0.05, 0) is 46.3 Å². The molecule has 0 saturated carbocycles. The summed E-state index contributed by atoms with van der Waals surface area (Å²) in [7, 11) is 1.91. The van der Waals surface area contributed by atoms with Crippen LogP contribution in [0.1, 0.15) is 26.2 Å². The Kier molecular flexibility index (Phi) is 4.70. The van der Waals surface area contributed by atoms with Gasteiger partial charge in [0.2, 0.25) is 0 Å². The Morgan fingerprint density at radius 3 is 2.85 bits per heavy atom. The van der Waals surface area contributed by atoms with E-state index < -0.39 is 0 Å². The first-order valence-corrected chi connectivity index (χ1v) is 5.30. The van der Waals surface area contributed by atoms with Crippen molar-refractivity contribution in [3.63, 3.8) is 0 Å². The number of aliphatic hydroxyl groups excluding tert-OH is 1. The van der Waals surface area contributed by atoms with Crippen molar-refractivity contribution >= 4 is 0 Å². The lowest BCUT2D eigenvalue weighted by Crippen LogP contribution is -2.35. The first kappa shape index (κ1) is 11.0. The number of likely N-dealkylation sites (N-methyl/N-ethyl adjacent to an activating group) is 1. The molecule has 1 rings (SSSR count). The van der Waals surface area contributed by atoms with E-state index in [0.29, 0.717) is 0 Å². The van der Waals surface area contributed by atoms with E-state index in [2.05, 4.69) is 17.1 Å². The lowest BCUT2D eigenvalue weighted by atomic mass is 10.2. The molecule has 2 unspecified atom stereocenters. The molecule has 0 aromatic heterocycles. The standard InChI is InChI=1S/C10H22N2O/c1-9-4-3-6-12(9)7-5-10(8-13)11-2/h9-11,13H,3-8H2,1-2H3. The van der Waals surface area contributed by atoms with Crippen molar-refractivity contribution in [1.82, 2.24) is 10.2 Å². The predicted octanol–water partition coefficient (Wildman–Crippen LogP) is 0.441. The third kappa shape index (κ3) is 3.25. The highest BCUT2D eigenvalue weighted by molar-refractivity contribution is 4.76. The molecule has 1 aliphatic rings. The maximum absolute atomic E-state index is 8.98. The van der Waals surface area contributed by atoms with E-state index in [-0.39, 0.29) is 12.6 Å². The molecule has 2 N–H and O–H groups in total. The molecule has 13 heavy (non-hydrogen) atoms. The van der Waals surface area contributed by atoms with Gasteiger partial charge in [0.1, 0.15) is 0 Å². The van der Waals surface area contributed by atoms with E-state index in [4.69, 9.17) is 5.11 Å². The zero-order valence-corrected chi connectivity index (χ0v) is 8.79. The first-order valence-electron chi connectivity index (χ1n) is 5.30. The van der Waals surface area contributed by atoms with Gasteiger partial charge >= 0.3 is 0 Å². The third-order valence-electron chi connectivity index (χ3n) is 3.08. The van der Waals surface area contributed by atoms with Crippen molar-refractivity contribution in [2.75, 3.05) is 26.7 Å². The van der Waals surface area contributed by atoms with Crippen molar-refractivity contribution in [2.24, 2.45) is 0 Å². The third-order valence-corrected chi connectivity index (χ3v) is 3.08. The minimum absolute atomic E-state index is 0.249. The summed E-state index contributed by atoms with van der Waals surface area (Å²) in [6, 6.07) is 1.02. The number of nitrogens with one attached hydrogen (secondary N) is 1. The Balaban J connectivity index is 2.17. The maximum Gasteiger partial charge on any atom is 0.0585 e. The second kappa shape index (κ2) is 5.58. The number of nitrogens with zero attached hydrogens (tertiary/aromatic N) is 1. The fraction of sp³-hybridized carbons (Fsp3) is 1.00. The van der Waals surface area contributed by atoms with Crippen molar-refractivity contribution < 1.29 is 5.11 Å². The SMILES string of the molecule is CNC(CO)CCN1CCCC1C. The molecule has 1 fully saturated rings. The van der Waals surface area contributed by atoms with Gasteiger partial charge in [-0.1, -0.05) is 0 Å². The van der Waals surface area contributed by atoms with Crippen LogP contribution >= 0.6 is 0 Å². The van der Waals surface area contributed by atoms with Crippen LogP contribution in [0, 0.1) is 0 Å². The van der Waals surface area contributed by atoms with Crippen LogP contribution in [0.4, 0.5) is 0 Å². The molecule has 0 bridgehead atoms. The zero-order valence-electron chi connectivity index (χ0n) is 8.79. The van der Waals surface area contributed by atoms with Crippen molar-refractivity contribution in [2.45, 2.75) is 38.3 Å². The summed E-state index contributed by atoms with van der Waals surface area (Å²) >= 11 is 0. The van der Waals surface area contributed by atoms with E-state index in [1.165, 1.54) is 19.4 Å². The summed E-state index contributed by atoms with van der Waals surface area (Å²) < 4.78 is 0. The minimum Gasteiger partial charge on any atom is -0.395 e. The van der Waals surface area contributed by atoms with Crippen LogP contribution in [0.5, 0.6) is 0 Å². The molecule has 1 saturated heterocycles. The molecule has 2 atom stereocenters. The molecule has 0 aromatic carbocycles. The normalized spacial score (nSPS) is 26.5. The fourth-order valence-corrected chi connectivity index (χ4v) is 1.97. The van der Waals surface area contributed by atoms with E-state index in [1.807, 2.05) is 7.05 Å². The molecule has 1 heterocycles. The first-order chi connectivity index (χ1) is 6.27. The summed E-state index contributed by atoms with van der Waals surface area (Å²) in [5.74, 6) is 0. The van der Waals surface area contributed by atoms with Crippen LogP contribution in [-0.4, -0.2) is 48.8 Å². The molecule has 0 radical (unpaired) electrons. The Bertz CT molecular complexity index is 137. The molecule has 1 aliphatic heterocycles. The maximum atomic E-state index is 8.98. The number of rotatable bonds is 5. The molecule has 0 aromatic rings. The van der Waals surface area contributed by atoms with Crippen LogP contribution in [0.3, 0.4) is 0 Å². The average molecular weight is 186 g/mol. The monoisotopic (exact) mass is 186 g/mol. The van der Waals surface area contributed by atoms with E-state index in [9.17, 15) is 0 Å². The molecule has 0 amide bonds. The summed E-state index contributed by atoms with van der Waals surface area (Å²) in [6.45, 7) is 4.90. The van der Waals surface area contributed by atoms with Gasteiger partial charge < -0.3 is 15.3 Å². The van der Waals surface area contributed by atoms with E-state index >= 15 is 0 Å². The molecule has 3 heteroatoms.